The van der Waals surface area contributed by atoms with Crippen LogP contribution in [0.5, 0.6) is 0 Å². The largest absolute Gasteiger partial charge is 0.339 e. The second-order valence-electron chi connectivity index (χ2n) is 4.88. The summed E-state index contributed by atoms with van der Waals surface area (Å²) in [4.78, 5) is 27.5. The van der Waals surface area contributed by atoms with E-state index in [2.05, 4.69) is 12.6 Å². The van der Waals surface area contributed by atoms with Crippen molar-refractivity contribution in [2.24, 2.45) is 0 Å². The van der Waals surface area contributed by atoms with Gasteiger partial charge in [-0.15, -0.1) is 12.6 Å². The number of thiol groups is 1. The lowest BCUT2D eigenvalue weighted by Gasteiger charge is -2.33. The molecule has 0 unspecified atom stereocenters. The molecule has 2 amide bonds. The summed E-state index contributed by atoms with van der Waals surface area (Å²) in [6.07, 6.45) is 3.27. The van der Waals surface area contributed by atoms with E-state index in [0.29, 0.717) is 36.1 Å². The van der Waals surface area contributed by atoms with Crippen LogP contribution in [0.2, 0.25) is 5.02 Å². The van der Waals surface area contributed by atoms with Gasteiger partial charge in [-0.2, -0.15) is 0 Å². The summed E-state index contributed by atoms with van der Waals surface area (Å²) >= 11 is 10.2. The third-order valence-electron chi connectivity index (χ3n) is 3.43. The Bertz CT molecular complexity index is 581. The van der Waals surface area contributed by atoms with Crippen molar-refractivity contribution in [1.29, 1.82) is 0 Å². The smallest absolute Gasteiger partial charge is 0.246 e. The molecule has 0 spiro atoms. The van der Waals surface area contributed by atoms with Gasteiger partial charge in [0.1, 0.15) is 0 Å². The SMILES string of the molecule is CC(=O)N1CCN(C(=O)C=Cc2ccc(S)c(Cl)c2)CC1. The Kier molecular flexibility index (Phi) is 5.31. The maximum absolute atomic E-state index is 12.1. The minimum Gasteiger partial charge on any atom is -0.339 e. The average Bonchev–Trinajstić information content (AvgIpc) is 2.48. The van der Waals surface area contributed by atoms with Gasteiger partial charge in [0.15, 0.2) is 0 Å². The van der Waals surface area contributed by atoms with E-state index >= 15 is 0 Å². The number of benzene rings is 1. The Morgan fingerprint density at radius 1 is 1.19 bits per heavy atom. The van der Waals surface area contributed by atoms with Crippen molar-refractivity contribution in [3.63, 3.8) is 0 Å². The van der Waals surface area contributed by atoms with Crippen LogP contribution < -0.4 is 0 Å². The van der Waals surface area contributed by atoms with Crippen LogP contribution in [0.25, 0.3) is 6.08 Å². The van der Waals surface area contributed by atoms with Gasteiger partial charge in [-0.3, -0.25) is 9.59 Å². The zero-order valence-electron chi connectivity index (χ0n) is 11.8. The van der Waals surface area contributed by atoms with Crippen molar-refractivity contribution in [2.45, 2.75) is 11.8 Å². The molecular weight excluding hydrogens is 308 g/mol. The zero-order valence-corrected chi connectivity index (χ0v) is 13.4. The Hall–Kier alpha value is -1.46. The number of nitrogens with zero attached hydrogens (tertiary/aromatic N) is 2. The minimum absolute atomic E-state index is 0.0516. The number of carbonyl (C=O) groups excluding carboxylic acids is 2. The summed E-state index contributed by atoms with van der Waals surface area (Å²) in [6.45, 7) is 3.87. The van der Waals surface area contributed by atoms with Crippen LogP contribution in [0.1, 0.15) is 12.5 Å². The molecule has 0 atom stereocenters. The highest BCUT2D eigenvalue weighted by Crippen LogP contribution is 2.21. The van der Waals surface area contributed by atoms with Crippen molar-refractivity contribution >= 4 is 42.1 Å². The van der Waals surface area contributed by atoms with Gasteiger partial charge in [-0.05, 0) is 23.8 Å². The normalized spacial score (nSPS) is 15.6. The summed E-state index contributed by atoms with van der Waals surface area (Å²) in [7, 11) is 0. The van der Waals surface area contributed by atoms with Gasteiger partial charge < -0.3 is 9.80 Å². The Balaban J connectivity index is 1.94. The summed E-state index contributed by atoms with van der Waals surface area (Å²) in [5.41, 5.74) is 0.855. The van der Waals surface area contributed by atoms with Crippen molar-refractivity contribution < 1.29 is 9.59 Å². The Labute approximate surface area is 134 Å². The summed E-state index contributed by atoms with van der Waals surface area (Å²) in [5, 5.41) is 0.558. The monoisotopic (exact) mass is 324 g/mol. The Morgan fingerprint density at radius 2 is 1.81 bits per heavy atom. The fourth-order valence-electron chi connectivity index (χ4n) is 2.14. The standard InChI is InChI=1S/C15H17ClN2O2S/c1-11(19)17-6-8-18(9-7-17)15(20)5-3-12-2-4-14(21)13(16)10-12/h2-5,10,21H,6-9H2,1H3. The summed E-state index contributed by atoms with van der Waals surface area (Å²) in [6, 6.07) is 5.41. The van der Waals surface area contributed by atoms with Crippen LogP contribution in [0.3, 0.4) is 0 Å². The Morgan fingerprint density at radius 3 is 2.38 bits per heavy atom. The highest BCUT2D eigenvalue weighted by Gasteiger charge is 2.20. The van der Waals surface area contributed by atoms with E-state index in [1.54, 1.807) is 34.9 Å². The molecule has 1 heterocycles. The average molecular weight is 325 g/mol. The van der Waals surface area contributed by atoms with Gasteiger partial charge >= 0.3 is 0 Å². The molecule has 112 valence electrons. The molecule has 4 nitrogen and oxygen atoms in total. The molecule has 0 N–H and O–H groups in total. The van der Waals surface area contributed by atoms with Crippen molar-refractivity contribution in [2.75, 3.05) is 26.2 Å². The fraction of sp³-hybridized carbons (Fsp3) is 0.333. The molecule has 2 rings (SSSR count). The summed E-state index contributed by atoms with van der Waals surface area (Å²) in [5.74, 6) is 0.00315. The van der Waals surface area contributed by atoms with Crippen LogP contribution in [-0.4, -0.2) is 47.8 Å². The van der Waals surface area contributed by atoms with E-state index in [-0.39, 0.29) is 11.8 Å². The maximum Gasteiger partial charge on any atom is 0.246 e. The maximum atomic E-state index is 12.1. The molecule has 21 heavy (non-hydrogen) atoms. The molecule has 1 aliphatic rings. The topological polar surface area (TPSA) is 40.6 Å². The van der Waals surface area contributed by atoms with Gasteiger partial charge in [0.05, 0.1) is 5.02 Å². The fourth-order valence-corrected chi connectivity index (χ4v) is 2.47. The molecule has 1 aromatic rings. The number of halogens is 1. The summed E-state index contributed by atoms with van der Waals surface area (Å²) < 4.78 is 0. The molecule has 1 aliphatic heterocycles. The van der Waals surface area contributed by atoms with E-state index < -0.39 is 0 Å². The van der Waals surface area contributed by atoms with Gasteiger partial charge in [0.25, 0.3) is 0 Å². The van der Waals surface area contributed by atoms with Crippen LogP contribution in [-0.2, 0) is 9.59 Å². The number of carbonyl (C=O) groups is 2. The molecule has 1 fully saturated rings. The lowest BCUT2D eigenvalue weighted by molar-refractivity contribution is -0.135. The molecule has 1 aromatic carbocycles. The molecule has 0 aromatic heterocycles. The van der Waals surface area contributed by atoms with E-state index in [1.165, 1.54) is 6.08 Å². The van der Waals surface area contributed by atoms with E-state index in [0.717, 1.165) is 5.56 Å². The second kappa shape index (κ2) is 7.00. The number of hydrogen-bond donors (Lipinski definition) is 1. The van der Waals surface area contributed by atoms with E-state index in [9.17, 15) is 9.59 Å². The first kappa shape index (κ1) is 15.9. The molecule has 6 heteroatoms. The predicted molar refractivity (Wildman–Crippen MR) is 86.6 cm³/mol. The van der Waals surface area contributed by atoms with Crippen LogP contribution in [0.15, 0.2) is 29.2 Å². The van der Waals surface area contributed by atoms with Crippen LogP contribution >= 0.6 is 24.2 Å². The van der Waals surface area contributed by atoms with Crippen molar-refractivity contribution in [1.82, 2.24) is 9.80 Å². The first-order chi connectivity index (χ1) is 9.97. The molecule has 0 aliphatic carbocycles. The predicted octanol–water partition coefficient (Wildman–Crippen LogP) is 2.33. The van der Waals surface area contributed by atoms with Crippen molar-refractivity contribution in [3.05, 3.63) is 34.9 Å². The van der Waals surface area contributed by atoms with Gasteiger partial charge in [0.2, 0.25) is 11.8 Å². The third kappa shape index (κ3) is 4.25. The first-order valence-electron chi connectivity index (χ1n) is 6.68. The van der Waals surface area contributed by atoms with Crippen LogP contribution in [0.4, 0.5) is 0 Å². The lowest BCUT2D eigenvalue weighted by atomic mass is 10.2. The quantitative estimate of drug-likeness (QED) is 0.670. The number of rotatable bonds is 2. The van der Waals surface area contributed by atoms with E-state index in [1.807, 2.05) is 6.07 Å². The van der Waals surface area contributed by atoms with Gasteiger partial charge in [-0.25, -0.2) is 0 Å². The molecule has 0 radical (unpaired) electrons. The first-order valence-corrected chi connectivity index (χ1v) is 7.51. The number of piperazine rings is 1. The molecule has 1 saturated heterocycles. The van der Waals surface area contributed by atoms with Gasteiger partial charge in [0, 0.05) is 44.1 Å². The highest BCUT2D eigenvalue weighted by atomic mass is 35.5. The molecule has 0 bridgehead atoms. The minimum atomic E-state index is -0.0516. The lowest BCUT2D eigenvalue weighted by Crippen LogP contribution is -2.49. The van der Waals surface area contributed by atoms with Gasteiger partial charge in [-0.1, -0.05) is 17.7 Å². The number of amides is 2. The van der Waals surface area contributed by atoms with E-state index in [4.69, 9.17) is 11.6 Å². The zero-order chi connectivity index (χ0) is 15.4. The second-order valence-corrected chi connectivity index (χ2v) is 5.76. The number of hydrogen-bond acceptors (Lipinski definition) is 3. The molecule has 0 saturated carbocycles. The molecular formula is C15H17ClN2O2S. The highest BCUT2D eigenvalue weighted by molar-refractivity contribution is 7.80. The third-order valence-corrected chi connectivity index (χ3v) is 4.26. The van der Waals surface area contributed by atoms with Crippen LogP contribution in [0, 0.1) is 0 Å². The van der Waals surface area contributed by atoms with Crippen molar-refractivity contribution in [3.8, 4) is 0 Å².